The number of carbonyl (C=O) groups is 1. The molecule has 0 rings (SSSR count). The molecular weight excluding hydrogens is 244 g/mol. The van der Waals surface area contributed by atoms with Gasteiger partial charge in [-0.1, -0.05) is 45.4 Å². The van der Waals surface area contributed by atoms with Crippen molar-refractivity contribution in [3.63, 3.8) is 0 Å². The van der Waals surface area contributed by atoms with Crippen molar-refractivity contribution in [3.8, 4) is 0 Å². The molecule has 4 nitrogen and oxygen atoms in total. The van der Waals surface area contributed by atoms with Crippen molar-refractivity contribution in [1.82, 2.24) is 0 Å². The van der Waals surface area contributed by atoms with Gasteiger partial charge < -0.3 is 15.3 Å². The average molecular weight is 272 g/mol. The van der Waals surface area contributed by atoms with Crippen molar-refractivity contribution in [1.29, 1.82) is 0 Å². The number of aliphatic hydroxyl groups is 2. The van der Waals surface area contributed by atoms with Gasteiger partial charge in [-0.3, -0.25) is 0 Å². The summed E-state index contributed by atoms with van der Waals surface area (Å²) in [5, 5.41) is 28.5. The second kappa shape index (κ2) is 9.98. The van der Waals surface area contributed by atoms with Crippen LogP contribution in [0.5, 0.6) is 0 Å². The lowest BCUT2D eigenvalue weighted by atomic mass is 9.97. The molecule has 0 saturated heterocycles. The summed E-state index contributed by atoms with van der Waals surface area (Å²) in [6, 6.07) is 0. The Balaban J connectivity index is 4.04. The average Bonchev–Trinajstić information content (AvgIpc) is 2.39. The topological polar surface area (TPSA) is 77.8 Å². The van der Waals surface area contributed by atoms with Crippen LogP contribution in [-0.2, 0) is 4.79 Å². The summed E-state index contributed by atoms with van der Waals surface area (Å²) < 4.78 is 0. The SMILES string of the molecule is CCCCCCCCC(O)C(O)C(C)=C(C)C(=O)O. The molecule has 0 heterocycles. The van der Waals surface area contributed by atoms with E-state index in [0.29, 0.717) is 12.0 Å². The standard InChI is InChI=1S/C15H28O4/c1-4-5-6-7-8-9-10-13(16)14(17)11(2)12(3)15(18)19/h13-14,16-17H,4-10H2,1-3H3,(H,18,19). The quantitative estimate of drug-likeness (QED) is 0.422. The Bertz CT molecular complexity index is 297. The summed E-state index contributed by atoms with van der Waals surface area (Å²) in [6.45, 7) is 5.16. The molecular formula is C15H28O4. The molecule has 0 radical (unpaired) electrons. The van der Waals surface area contributed by atoms with Crippen LogP contribution in [0.2, 0.25) is 0 Å². The number of aliphatic carboxylic acids is 1. The molecule has 0 aromatic carbocycles. The van der Waals surface area contributed by atoms with Gasteiger partial charge in [-0.15, -0.1) is 0 Å². The van der Waals surface area contributed by atoms with E-state index in [1.807, 2.05) is 0 Å². The maximum Gasteiger partial charge on any atom is 0.331 e. The van der Waals surface area contributed by atoms with Crippen molar-refractivity contribution < 1.29 is 20.1 Å². The van der Waals surface area contributed by atoms with Gasteiger partial charge in [0.05, 0.1) is 6.10 Å². The van der Waals surface area contributed by atoms with Crippen LogP contribution in [0.3, 0.4) is 0 Å². The summed E-state index contributed by atoms with van der Waals surface area (Å²) in [4.78, 5) is 10.8. The van der Waals surface area contributed by atoms with E-state index in [2.05, 4.69) is 6.92 Å². The molecule has 0 saturated carbocycles. The molecule has 19 heavy (non-hydrogen) atoms. The normalized spacial score (nSPS) is 15.8. The van der Waals surface area contributed by atoms with E-state index in [0.717, 1.165) is 19.3 Å². The van der Waals surface area contributed by atoms with Gasteiger partial charge in [0, 0.05) is 5.57 Å². The molecule has 2 atom stereocenters. The highest BCUT2D eigenvalue weighted by Gasteiger charge is 2.20. The van der Waals surface area contributed by atoms with E-state index in [4.69, 9.17) is 5.11 Å². The number of aliphatic hydroxyl groups excluding tert-OH is 2. The van der Waals surface area contributed by atoms with E-state index >= 15 is 0 Å². The van der Waals surface area contributed by atoms with Crippen LogP contribution in [0.1, 0.15) is 65.7 Å². The lowest BCUT2D eigenvalue weighted by Crippen LogP contribution is -2.28. The van der Waals surface area contributed by atoms with Gasteiger partial charge in [-0.2, -0.15) is 0 Å². The third kappa shape index (κ3) is 7.33. The number of rotatable bonds is 10. The second-order valence-electron chi connectivity index (χ2n) is 5.18. The third-order valence-electron chi connectivity index (χ3n) is 3.57. The van der Waals surface area contributed by atoms with Gasteiger partial charge in [-0.25, -0.2) is 4.79 Å². The van der Waals surface area contributed by atoms with Gasteiger partial charge in [0.25, 0.3) is 0 Å². The van der Waals surface area contributed by atoms with Crippen LogP contribution in [0.25, 0.3) is 0 Å². The van der Waals surface area contributed by atoms with Crippen molar-refractivity contribution in [2.75, 3.05) is 0 Å². The molecule has 0 bridgehead atoms. The summed E-state index contributed by atoms with van der Waals surface area (Å²) in [5.41, 5.74) is 0.445. The number of hydrogen-bond donors (Lipinski definition) is 3. The number of hydrogen-bond acceptors (Lipinski definition) is 3. The smallest absolute Gasteiger partial charge is 0.331 e. The highest BCUT2D eigenvalue weighted by molar-refractivity contribution is 5.86. The zero-order chi connectivity index (χ0) is 14.8. The first-order valence-corrected chi connectivity index (χ1v) is 7.18. The maximum atomic E-state index is 10.8. The molecule has 0 spiro atoms. The monoisotopic (exact) mass is 272 g/mol. The van der Waals surface area contributed by atoms with Crippen LogP contribution >= 0.6 is 0 Å². The van der Waals surface area contributed by atoms with Crippen LogP contribution < -0.4 is 0 Å². The first kappa shape index (κ1) is 18.1. The van der Waals surface area contributed by atoms with Crippen molar-refractivity contribution >= 4 is 5.97 Å². The fourth-order valence-corrected chi connectivity index (χ4v) is 1.97. The summed E-state index contributed by atoms with van der Waals surface area (Å²) in [6.07, 6.45) is 5.28. The van der Waals surface area contributed by atoms with E-state index in [9.17, 15) is 15.0 Å². The minimum atomic E-state index is -1.08. The lowest BCUT2D eigenvalue weighted by Gasteiger charge is -2.19. The minimum absolute atomic E-state index is 0.106. The zero-order valence-electron chi connectivity index (χ0n) is 12.4. The summed E-state index contributed by atoms with van der Waals surface area (Å²) in [7, 11) is 0. The van der Waals surface area contributed by atoms with Gasteiger partial charge in [0.1, 0.15) is 6.10 Å². The second-order valence-corrected chi connectivity index (χ2v) is 5.18. The molecule has 4 heteroatoms. The molecule has 0 aliphatic carbocycles. The molecule has 0 aliphatic rings. The first-order chi connectivity index (χ1) is 8.91. The van der Waals surface area contributed by atoms with E-state index in [1.165, 1.54) is 26.2 Å². The Morgan fingerprint density at radius 2 is 1.53 bits per heavy atom. The first-order valence-electron chi connectivity index (χ1n) is 7.18. The number of unbranched alkanes of at least 4 members (excludes halogenated alkanes) is 5. The molecule has 2 unspecified atom stereocenters. The van der Waals surface area contributed by atoms with Crippen molar-refractivity contribution in [2.45, 2.75) is 77.9 Å². The van der Waals surface area contributed by atoms with Gasteiger partial charge >= 0.3 is 5.97 Å². The molecule has 112 valence electrons. The van der Waals surface area contributed by atoms with Crippen LogP contribution in [0, 0.1) is 0 Å². The Kier molecular flexibility index (Phi) is 9.53. The molecule has 0 aliphatic heterocycles. The fourth-order valence-electron chi connectivity index (χ4n) is 1.97. The summed E-state index contributed by atoms with van der Waals surface area (Å²) >= 11 is 0. The Hall–Kier alpha value is -0.870. The van der Waals surface area contributed by atoms with E-state index in [-0.39, 0.29) is 5.57 Å². The molecule has 0 amide bonds. The Morgan fingerprint density at radius 1 is 1.00 bits per heavy atom. The zero-order valence-corrected chi connectivity index (χ0v) is 12.4. The third-order valence-corrected chi connectivity index (χ3v) is 3.57. The largest absolute Gasteiger partial charge is 0.478 e. The van der Waals surface area contributed by atoms with E-state index < -0.39 is 18.2 Å². The van der Waals surface area contributed by atoms with Gasteiger partial charge in [-0.05, 0) is 25.8 Å². The highest BCUT2D eigenvalue weighted by atomic mass is 16.4. The number of carboxylic acids is 1. The minimum Gasteiger partial charge on any atom is -0.478 e. The maximum absolute atomic E-state index is 10.8. The number of carboxylic acid groups (broad SMARTS) is 1. The van der Waals surface area contributed by atoms with Crippen molar-refractivity contribution in [3.05, 3.63) is 11.1 Å². The van der Waals surface area contributed by atoms with Gasteiger partial charge in [0.2, 0.25) is 0 Å². The Labute approximate surface area is 116 Å². The predicted molar refractivity (Wildman–Crippen MR) is 76.0 cm³/mol. The molecule has 0 fully saturated rings. The van der Waals surface area contributed by atoms with Crippen LogP contribution in [-0.4, -0.2) is 33.5 Å². The molecule has 0 aromatic rings. The lowest BCUT2D eigenvalue weighted by molar-refractivity contribution is -0.132. The van der Waals surface area contributed by atoms with Gasteiger partial charge in [0.15, 0.2) is 0 Å². The van der Waals surface area contributed by atoms with Crippen molar-refractivity contribution in [2.24, 2.45) is 0 Å². The summed E-state index contributed by atoms with van der Waals surface area (Å²) in [5.74, 6) is -1.05. The molecule has 3 N–H and O–H groups in total. The Morgan fingerprint density at radius 3 is 2.05 bits per heavy atom. The molecule has 0 aromatic heterocycles. The highest BCUT2D eigenvalue weighted by Crippen LogP contribution is 2.17. The van der Waals surface area contributed by atoms with Crippen LogP contribution in [0.4, 0.5) is 0 Å². The predicted octanol–water partition coefficient (Wildman–Crippen LogP) is 2.88. The fraction of sp³-hybridized carbons (Fsp3) is 0.800. The van der Waals surface area contributed by atoms with E-state index in [1.54, 1.807) is 6.92 Å². The van der Waals surface area contributed by atoms with Crippen LogP contribution in [0.15, 0.2) is 11.1 Å².